The first-order chi connectivity index (χ1) is 12.3. The lowest BCUT2D eigenvalue weighted by molar-refractivity contribution is 0.0954. The maximum Gasteiger partial charge on any atom is 0.296 e. The zero-order valence-corrected chi connectivity index (χ0v) is 13.3. The van der Waals surface area contributed by atoms with Gasteiger partial charge in [-0.25, -0.2) is 4.98 Å². The Hall–Kier alpha value is -3.22. The van der Waals surface area contributed by atoms with Crippen LogP contribution in [0, 0.1) is 0 Å². The quantitative estimate of drug-likeness (QED) is 0.719. The number of anilines is 1. The SMILES string of the molecule is O=C(c1ccco1)N1CCCn2cc(-c3ccc4c(c3)OCO4)nc21. The van der Waals surface area contributed by atoms with Gasteiger partial charge in [-0.3, -0.25) is 9.69 Å². The molecule has 0 unspecified atom stereocenters. The largest absolute Gasteiger partial charge is 0.459 e. The summed E-state index contributed by atoms with van der Waals surface area (Å²) in [5, 5.41) is 0. The lowest BCUT2D eigenvalue weighted by atomic mass is 10.1. The summed E-state index contributed by atoms with van der Waals surface area (Å²) in [6.07, 6.45) is 4.34. The van der Waals surface area contributed by atoms with Crippen molar-refractivity contribution in [1.29, 1.82) is 0 Å². The van der Waals surface area contributed by atoms with Crippen molar-refractivity contribution in [1.82, 2.24) is 9.55 Å². The third-order valence-electron chi connectivity index (χ3n) is 4.42. The monoisotopic (exact) mass is 337 g/mol. The molecule has 25 heavy (non-hydrogen) atoms. The fraction of sp³-hybridized carbons (Fsp3) is 0.222. The molecule has 126 valence electrons. The second kappa shape index (κ2) is 5.41. The summed E-state index contributed by atoms with van der Waals surface area (Å²) < 4.78 is 18.0. The summed E-state index contributed by atoms with van der Waals surface area (Å²) >= 11 is 0. The van der Waals surface area contributed by atoms with Gasteiger partial charge in [0.1, 0.15) is 0 Å². The summed E-state index contributed by atoms with van der Waals surface area (Å²) in [6.45, 7) is 1.69. The molecule has 0 saturated heterocycles. The second-order valence-corrected chi connectivity index (χ2v) is 5.98. The van der Waals surface area contributed by atoms with E-state index in [9.17, 15) is 4.79 Å². The van der Waals surface area contributed by atoms with Crippen LogP contribution in [0.2, 0.25) is 0 Å². The summed E-state index contributed by atoms with van der Waals surface area (Å²) in [6, 6.07) is 9.11. The van der Waals surface area contributed by atoms with Crippen LogP contribution in [0.5, 0.6) is 11.5 Å². The number of nitrogens with zero attached hydrogens (tertiary/aromatic N) is 3. The molecule has 1 amide bonds. The van der Waals surface area contributed by atoms with Gasteiger partial charge in [0.2, 0.25) is 12.7 Å². The lowest BCUT2D eigenvalue weighted by Crippen LogP contribution is -2.37. The average Bonchev–Trinajstić information content (AvgIpc) is 3.39. The summed E-state index contributed by atoms with van der Waals surface area (Å²) in [7, 11) is 0. The molecule has 0 saturated carbocycles. The van der Waals surface area contributed by atoms with Crippen molar-refractivity contribution in [2.45, 2.75) is 13.0 Å². The lowest BCUT2D eigenvalue weighted by Gasteiger charge is -2.26. The van der Waals surface area contributed by atoms with Crippen molar-refractivity contribution in [2.24, 2.45) is 0 Å². The minimum absolute atomic E-state index is 0.172. The first-order valence-electron chi connectivity index (χ1n) is 8.12. The predicted molar refractivity (Wildman–Crippen MR) is 88.8 cm³/mol. The van der Waals surface area contributed by atoms with E-state index in [2.05, 4.69) is 4.98 Å². The molecule has 3 aromatic rings. The van der Waals surface area contributed by atoms with E-state index >= 15 is 0 Å². The molecular formula is C18H15N3O4. The van der Waals surface area contributed by atoms with Crippen LogP contribution in [-0.2, 0) is 6.54 Å². The number of aryl methyl sites for hydroxylation is 1. The Bertz CT molecular complexity index is 945. The molecule has 0 bridgehead atoms. The molecule has 0 N–H and O–H groups in total. The minimum atomic E-state index is -0.172. The van der Waals surface area contributed by atoms with E-state index in [4.69, 9.17) is 13.9 Å². The number of imidazole rings is 1. The molecule has 5 rings (SSSR count). The highest BCUT2D eigenvalue weighted by molar-refractivity contribution is 6.03. The number of furan rings is 1. The first-order valence-corrected chi connectivity index (χ1v) is 8.12. The van der Waals surface area contributed by atoms with Gasteiger partial charge in [-0.1, -0.05) is 0 Å². The molecule has 7 heteroatoms. The number of aromatic nitrogens is 2. The predicted octanol–water partition coefficient (Wildman–Crippen LogP) is 2.92. The fourth-order valence-corrected chi connectivity index (χ4v) is 3.21. The van der Waals surface area contributed by atoms with Crippen molar-refractivity contribution >= 4 is 11.9 Å². The van der Waals surface area contributed by atoms with Crippen molar-refractivity contribution in [3.8, 4) is 22.8 Å². The Labute approximate surface area is 143 Å². The molecule has 2 aliphatic rings. The van der Waals surface area contributed by atoms with Crippen LogP contribution in [0.4, 0.5) is 5.95 Å². The van der Waals surface area contributed by atoms with Crippen molar-refractivity contribution in [2.75, 3.05) is 18.2 Å². The van der Waals surface area contributed by atoms with E-state index in [-0.39, 0.29) is 12.7 Å². The standard InChI is InChI=1S/C18H15N3O4/c22-17(15-3-1-8-23-15)21-7-2-6-20-10-13(19-18(20)21)12-4-5-14-16(9-12)25-11-24-14/h1,3-5,8-10H,2,6-7,11H2. The van der Waals surface area contributed by atoms with Crippen LogP contribution in [0.3, 0.4) is 0 Å². The van der Waals surface area contributed by atoms with Gasteiger partial charge in [0.25, 0.3) is 5.91 Å². The molecule has 0 aliphatic carbocycles. The van der Waals surface area contributed by atoms with Crippen molar-refractivity contribution in [3.05, 3.63) is 48.6 Å². The van der Waals surface area contributed by atoms with E-state index < -0.39 is 0 Å². The minimum Gasteiger partial charge on any atom is -0.459 e. The molecule has 4 heterocycles. The van der Waals surface area contributed by atoms with Crippen LogP contribution in [0.15, 0.2) is 47.2 Å². The number of carbonyl (C=O) groups is 1. The number of ether oxygens (including phenoxy) is 2. The number of hydrogen-bond acceptors (Lipinski definition) is 5. The highest BCUT2D eigenvalue weighted by atomic mass is 16.7. The highest BCUT2D eigenvalue weighted by Gasteiger charge is 2.28. The Balaban J connectivity index is 1.52. The first kappa shape index (κ1) is 14.2. The average molecular weight is 337 g/mol. The molecule has 0 fully saturated rings. The third kappa shape index (κ3) is 2.27. The molecule has 0 spiro atoms. The van der Waals surface area contributed by atoms with Crippen molar-refractivity contribution in [3.63, 3.8) is 0 Å². The van der Waals surface area contributed by atoms with Gasteiger partial charge >= 0.3 is 0 Å². The Morgan fingerprint density at radius 3 is 2.92 bits per heavy atom. The van der Waals surface area contributed by atoms with Gasteiger partial charge in [0.15, 0.2) is 17.3 Å². The van der Waals surface area contributed by atoms with Crippen LogP contribution in [0.25, 0.3) is 11.3 Å². The number of benzene rings is 1. The molecule has 0 radical (unpaired) electrons. The number of hydrogen-bond donors (Lipinski definition) is 0. The topological polar surface area (TPSA) is 69.7 Å². The zero-order valence-electron chi connectivity index (χ0n) is 13.3. The zero-order chi connectivity index (χ0) is 16.8. The Kier molecular flexibility index (Phi) is 3.06. The highest BCUT2D eigenvalue weighted by Crippen LogP contribution is 2.36. The number of fused-ring (bicyclic) bond motifs is 2. The molecule has 1 aromatic carbocycles. The summed E-state index contributed by atoms with van der Waals surface area (Å²) in [4.78, 5) is 19.0. The molecule has 0 atom stereocenters. The van der Waals surface area contributed by atoms with E-state index in [0.717, 1.165) is 30.0 Å². The van der Waals surface area contributed by atoms with Gasteiger partial charge < -0.3 is 18.5 Å². The maximum absolute atomic E-state index is 12.7. The second-order valence-electron chi connectivity index (χ2n) is 5.98. The van der Waals surface area contributed by atoms with E-state index in [1.165, 1.54) is 6.26 Å². The summed E-state index contributed by atoms with van der Waals surface area (Å²) in [5.41, 5.74) is 1.73. The smallest absolute Gasteiger partial charge is 0.296 e. The summed E-state index contributed by atoms with van der Waals surface area (Å²) in [5.74, 6) is 2.24. The number of rotatable bonds is 2. The van der Waals surface area contributed by atoms with Crippen LogP contribution >= 0.6 is 0 Å². The van der Waals surface area contributed by atoms with Crippen LogP contribution in [-0.4, -0.2) is 28.8 Å². The Morgan fingerprint density at radius 1 is 1.12 bits per heavy atom. The van der Waals surface area contributed by atoms with Gasteiger partial charge in [0.05, 0.1) is 12.0 Å². The Morgan fingerprint density at radius 2 is 2.04 bits per heavy atom. The number of carbonyl (C=O) groups excluding carboxylic acids is 1. The molecule has 2 aromatic heterocycles. The maximum atomic E-state index is 12.7. The normalized spacial score (nSPS) is 15.3. The van der Waals surface area contributed by atoms with Gasteiger partial charge in [-0.2, -0.15) is 0 Å². The van der Waals surface area contributed by atoms with E-state index in [1.54, 1.807) is 17.0 Å². The van der Waals surface area contributed by atoms with Crippen molar-refractivity contribution < 1.29 is 18.7 Å². The molecule has 7 nitrogen and oxygen atoms in total. The molecular weight excluding hydrogens is 322 g/mol. The number of amides is 1. The van der Waals surface area contributed by atoms with Gasteiger partial charge in [-0.05, 0) is 36.8 Å². The van der Waals surface area contributed by atoms with Crippen LogP contribution < -0.4 is 14.4 Å². The third-order valence-corrected chi connectivity index (χ3v) is 4.42. The van der Waals surface area contributed by atoms with Crippen LogP contribution in [0.1, 0.15) is 17.0 Å². The fourth-order valence-electron chi connectivity index (χ4n) is 3.21. The van der Waals surface area contributed by atoms with Gasteiger partial charge in [0, 0.05) is 24.8 Å². The molecule has 2 aliphatic heterocycles. The van der Waals surface area contributed by atoms with E-state index in [0.29, 0.717) is 24.0 Å². The van der Waals surface area contributed by atoms with E-state index in [1.807, 2.05) is 29.0 Å². The van der Waals surface area contributed by atoms with Gasteiger partial charge in [-0.15, -0.1) is 0 Å².